The Bertz CT molecular complexity index is 1480. The van der Waals surface area contributed by atoms with Crippen molar-refractivity contribution in [2.45, 2.75) is 0 Å². The first-order valence-electron chi connectivity index (χ1n) is 10.5. The molecule has 180 valence electrons. The molecule has 4 aromatic rings. The van der Waals surface area contributed by atoms with Crippen LogP contribution >= 0.6 is 0 Å². The predicted octanol–water partition coefficient (Wildman–Crippen LogP) is 4.33. The molecule has 9 nitrogen and oxygen atoms in total. The molecule has 0 aliphatic rings. The molecule has 4 rings (SSSR count). The van der Waals surface area contributed by atoms with E-state index in [4.69, 9.17) is 29.1 Å². The summed E-state index contributed by atoms with van der Waals surface area (Å²) in [5.74, 6) is 1.17. The van der Waals surface area contributed by atoms with E-state index in [9.17, 15) is 9.59 Å². The zero-order chi connectivity index (χ0) is 25.1. The van der Waals surface area contributed by atoms with E-state index < -0.39 is 5.91 Å². The van der Waals surface area contributed by atoms with E-state index in [1.54, 1.807) is 42.5 Å². The number of ether oxygens (including phenoxy) is 4. The molecule has 1 heterocycles. The number of amides is 1. The van der Waals surface area contributed by atoms with Crippen LogP contribution in [-0.4, -0.2) is 34.3 Å². The van der Waals surface area contributed by atoms with Gasteiger partial charge < -0.3 is 34.4 Å². The maximum Gasteiger partial charge on any atom is 0.259 e. The summed E-state index contributed by atoms with van der Waals surface area (Å²) in [5.41, 5.74) is 7.57. The van der Waals surface area contributed by atoms with Gasteiger partial charge in [0, 0.05) is 29.1 Å². The summed E-state index contributed by atoms with van der Waals surface area (Å²) in [6.07, 6.45) is 0. The van der Waals surface area contributed by atoms with E-state index in [0.29, 0.717) is 45.5 Å². The number of anilines is 2. The summed E-state index contributed by atoms with van der Waals surface area (Å²) in [6, 6.07) is 14.7. The maximum atomic E-state index is 13.0. The molecule has 0 saturated carbocycles. The zero-order valence-electron chi connectivity index (χ0n) is 19.6. The lowest BCUT2D eigenvalue weighted by molar-refractivity contribution is 0.102. The Kier molecular flexibility index (Phi) is 6.50. The van der Waals surface area contributed by atoms with E-state index in [1.165, 1.54) is 40.6 Å². The molecular weight excluding hydrogens is 452 g/mol. The number of fused-ring (bicyclic) bond motifs is 1. The van der Waals surface area contributed by atoms with Gasteiger partial charge in [0.15, 0.2) is 16.9 Å². The Labute approximate surface area is 201 Å². The van der Waals surface area contributed by atoms with Crippen LogP contribution in [0, 0.1) is 0 Å². The predicted molar refractivity (Wildman–Crippen MR) is 133 cm³/mol. The Balaban J connectivity index is 1.75. The smallest absolute Gasteiger partial charge is 0.259 e. The van der Waals surface area contributed by atoms with Crippen LogP contribution in [-0.2, 0) is 0 Å². The van der Waals surface area contributed by atoms with Gasteiger partial charge in [0.05, 0.1) is 34.0 Å². The highest BCUT2D eigenvalue weighted by Gasteiger charge is 2.21. The highest BCUT2D eigenvalue weighted by atomic mass is 16.5. The van der Waals surface area contributed by atoms with Crippen molar-refractivity contribution in [3.05, 3.63) is 70.4 Å². The van der Waals surface area contributed by atoms with Gasteiger partial charge >= 0.3 is 0 Å². The number of methoxy groups -OCH3 is 4. The van der Waals surface area contributed by atoms with Crippen molar-refractivity contribution in [1.29, 1.82) is 0 Å². The number of carbonyl (C=O) groups is 1. The summed E-state index contributed by atoms with van der Waals surface area (Å²) in [6.45, 7) is 0. The normalized spacial score (nSPS) is 10.6. The fraction of sp³-hybridized carbons (Fsp3) is 0.154. The summed E-state index contributed by atoms with van der Waals surface area (Å²) >= 11 is 0. The minimum Gasteiger partial charge on any atom is -0.496 e. The number of rotatable bonds is 7. The second-order valence-corrected chi connectivity index (χ2v) is 7.49. The average Bonchev–Trinajstić information content (AvgIpc) is 2.87. The molecule has 1 aromatic heterocycles. The van der Waals surface area contributed by atoms with Crippen LogP contribution in [0.15, 0.2) is 63.8 Å². The highest BCUT2D eigenvalue weighted by molar-refractivity contribution is 6.07. The Morgan fingerprint density at radius 2 is 1.60 bits per heavy atom. The standard InChI is InChI=1S/C26H24N2O7/c1-31-19-9-8-15(27)11-17(19)26(30)28-16-7-5-6-14(10-16)20-12-18(29)23-21(35-20)13-22(32-2)24(33-3)25(23)34-4/h5-13H,27H2,1-4H3,(H,28,30). The summed E-state index contributed by atoms with van der Waals surface area (Å²) in [4.78, 5) is 25.9. The fourth-order valence-corrected chi connectivity index (χ4v) is 3.78. The highest BCUT2D eigenvalue weighted by Crippen LogP contribution is 2.42. The molecule has 9 heteroatoms. The topological polar surface area (TPSA) is 122 Å². The van der Waals surface area contributed by atoms with Crippen molar-refractivity contribution in [2.75, 3.05) is 39.5 Å². The molecule has 0 aliphatic heterocycles. The van der Waals surface area contributed by atoms with Crippen LogP contribution in [0.3, 0.4) is 0 Å². The summed E-state index contributed by atoms with van der Waals surface area (Å²) < 4.78 is 27.5. The molecular formula is C26H24N2O7. The molecule has 0 fully saturated rings. The molecule has 0 bridgehead atoms. The fourth-order valence-electron chi connectivity index (χ4n) is 3.78. The lowest BCUT2D eigenvalue weighted by Crippen LogP contribution is -2.13. The van der Waals surface area contributed by atoms with Gasteiger partial charge in [-0.3, -0.25) is 9.59 Å². The van der Waals surface area contributed by atoms with Crippen molar-refractivity contribution < 1.29 is 28.2 Å². The van der Waals surface area contributed by atoms with Gasteiger partial charge in [-0.2, -0.15) is 0 Å². The molecule has 0 unspecified atom stereocenters. The molecule has 0 atom stereocenters. The van der Waals surface area contributed by atoms with Gasteiger partial charge in [-0.05, 0) is 30.3 Å². The number of nitrogen functional groups attached to an aromatic ring is 1. The third-order valence-corrected chi connectivity index (χ3v) is 5.40. The van der Waals surface area contributed by atoms with Crippen LogP contribution in [0.4, 0.5) is 11.4 Å². The van der Waals surface area contributed by atoms with Crippen LogP contribution in [0.1, 0.15) is 10.4 Å². The minimum atomic E-state index is -0.396. The molecule has 3 aromatic carbocycles. The maximum absolute atomic E-state index is 13.0. The lowest BCUT2D eigenvalue weighted by atomic mass is 10.1. The Morgan fingerprint density at radius 3 is 2.29 bits per heavy atom. The number of carbonyl (C=O) groups excluding carboxylic acids is 1. The summed E-state index contributed by atoms with van der Waals surface area (Å²) in [7, 11) is 5.85. The van der Waals surface area contributed by atoms with Crippen molar-refractivity contribution in [2.24, 2.45) is 0 Å². The van der Waals surface area contributed by atoms with Crippen LogP contribution in [0.2, 0.25) is 0 Å². The number of benzene rings is 3. The molecule has 3 N–H and O–H groups in total. The second-order valence-electron chi connectivity index (χ2n) is 7.49. The zero-order valence-corrected chi connectivity index (χ0v) is 19.6. The van der Waals surface area contributed by atoms with Crippen molar-refractivity contribution in [1.82, 2.24) is 0 Å². The lowest BCUT2D eigenvalue weighted by Gasteiger charge is -2.14. The van der Waals surface area contributed by atoms with Crippen molar-refractivity contribution in [3.63, 3.8) is 0 Å². The van der Waals surface area contributed by atoms with Crippen molar-refractivity contribution >= 4 is 28.3 Å². The van der Waals surface area contributed by atoms with Crippen LogP contribution in [0.25, 0.3) is 22.3 Å². The first-order chi connectivity index (χ1) is 16.9. The average molecular weight is 476 g/mol. The van der Waals surface area contributed by atoms with Gasteiger partial charge in [-0.25, -0.2) is 0 Å². The quantitative estimate of drug-likeness (QED) is 0.378. The molecule has 0 radical (unpaired) electrons. The van der Waals surface area contributed by atoms with Gasteiger partial charge in [-0.1, -0.05) is 12.1 Å². The SMILES string of the molecule is COc1ccc(N)cc1C(=O)Nc1cccc(-c2cc(=O)c3c(OC)c(OC)c(OC)cc3o2)c1. The van der Waals surface area contributed by atoms with Crippen LogP contribution < -0.4 is 35.4 Å². The van der Waals surface area contributed by atoms with E-state index in [2.05, 4.69) is 5.32 Å². The van der Waals surface area contributed by atoms with Gasteiger partial charge in [-0.15, -0.1) is 0 Å². The summed E-state index contributed by atoms with van der Waals surface area (Å²) in [5, 5.41) is 3.05. The molecule has 0 spiro atoms. The number of nitrogens with two attached hydrogens (primary N) is 1. The first-order valence-corrected chi connectivity index (χ1v) is 10.5. The van der Waals surface area contributed by atoms with Gasteiger partial charge in [0.1, 0.15) is 22.5 Å². The number of hydrogen-bond donors (Lipinski definition) is 2. The van der Waals surface area contributed by atoms with E-state index >= 15 is 0 Å². The number of hydrogen-bond acceptors (Lipinski definition) is 8. The molecule has 1 amide bonds. The second kappa shape index (κ2) is 9.68. The number of nitrogens with one attached hydrogen (secondary N) is 1. The molecule has 35 heavy (non-hydrogen) atoms. The Morgan fingerprint density at radius 1 is 0.857 bits per heavy atom. The van der Waals surface area contributed by atoms with Gasteiger partial charge in [0.25, 0.3) is 5.91 Å². The monoisotopic (exact) mass is 476 g/mol. The first kappa shape index (κ1) is 23.5. The largest absolute Gasteiger partial charge is 0.496 e. The van der Waals surface area contributed by atoms with E-state index in [-0.39, 0.29) is 22.1 Å². The van der Waals surface area contributed by atoms with E-state index in [1.807, 2.05) is 0 Å². The van der Waals surface area contributed by atoms with Gasteiger partial charge in [0.2, 0.25) is 5.75 Å². The molecule has 0 saturated heterocycles. The Hall–Kier alpha value is -4.66. The third kappa shape index (κ3) is 4.43. The minimum absolute atomic E-state index is 0.222. The molecule has 0 aliphatic carbocycles. The third-order valence-electron chi connectivity index (χ3n) is 5.40. The van der Waals surface area contributed by atoms with Crippen molar-refractivity contribution in [3.8, 4) is 34.3 Å². The van der Waals surface area contributed by atoms with E-state index in [0.717, 1.165) is 0 Å². The van der Waals surface area contributed by atoms with Crippen LogP contribution in [0.5, 0.6) is 23.0 Å².